The topological polar surface area (TPSA) is 83.8 Å². The molecule has 0 saturated heterocycles. The standard InChI is InChI=1S/C26H24N4O2/c1-26(2,3)14-23(31)28-19-10-6-9-18(11-19)24-20(15-27-30-24)25-29-21-12-16-7-4-5-8-17(16)13-22(21)32-25/h4-13,15H,14H2,1-3H3,(H,27,30)(H,28,31). The Hall–Kier alpha value is -3.93. The van der Waals surface area contributed by atoms with Gasteiger partial charge in [-0.25, -0.2) is 4.98 Å². The second kappa shape index (κ2) is 7.64. The Morgan fingerprint density at radius 1 is 1.03 bits per heavy atom. The Bertz CT molecular complexity index is 1390. The highest BCUT2D eigenvalue weighted by molar-refractivity contribution is 5.95. The van der Waals surface area contributed by atoms with Gasteiger partial charge in [0.1, 0.15) is 11.2 Å². The van der Waals surface area contributed by atoms with Gasteiger partial charge < -0.3 is 9.73 Å². The van der Waals surface area contributed by atoms with Crippen LogP contribution in [-0.4, -0.2) is 21.1 Å². The molecule has 3 aromatic carbocycles. The van der Waals surface area contributed by atoms with Crippen LogP contribution in [0.1, 0.15) is 27.2 Å². The van der Waals surface area contributed by atoms with Gasteiger partial charge in [-0.1, -0.05) is 57.2 Å². The summed E-state index contributed by atoms with van der Waals surface area (Å²) in [6, 6.07) is 19.8. The normalized spacial score (nSPS) is 11.8. The maximum Gasteiger partial charge on any atom is 0.231 e. The van der Waals surface area contributed by atoms with Crippen molar-refractivity contribution in [3.8, 4) is 22.7 Å². The van der Waals surface area contributed by atoms with Crippen LogP contribution in [0.3, 0.4) is 0 Å². The Kier molecular flexibility index (Phi) is 4.78. The quantitative estimate of drug-likeness (QED) is 0.349. The third-order valence-corrected chi connectivity index (χ3v) is 5.24. The SMILES string of the molecule is CC(C)(C)CC(=O)Nc1cccc(-c2n[nH]cc2-c2nc3cc4ccccc4cc3o2)c1. The van der Waals surface area contributed by atoms with E-state index >= 15 is 0 Å². The number of hydrogen-bond acceptors (Lipinski definition) is 4. The average molecular weight is 425 g/mol. The van der Waals surface area contributed by atoms with E-state index in [1.165, 1.54) is 0 Å². The molecule has 0 saturated carbocycles. The van der Waals surface area contributed by atoms with Crippen molar-refractivity contribution in [1.29, 1.82) is 0 Å². The Morgan fingerprint density at radius 3 is 2.59 bits per heavy atom. The lowest BCUT2D eigenvalue weighted by Crippen LogP contribution is -2.19. The van der Waals surface area contributed by atoms with Gasteiger partial charge in [0, 0.05) is 23.9 Å². The highest BCUT2D eigenvalue weighted by Crippen LogP contribution is 2.34. The third kappa shape index (κ3) is 3.99. The number of benzene rings is 3. The summed E-state index contributed by atoms with van der Waals surface area (Å²) in [5.41, 5.74) is 4.53. The van der Waals surface area contributed by atoms with E-state index in [-0.39, 0.29) is 11.3 Å². The summed E-state index contributed by atoms with van der Waals surface area (Å²) < 4.78 is 6.09. The molecule has 0 spiro atoms. The number of nitrogens with zero attached hydrogens (tertiary/aromatic N) is 2. The summed E-state index contributed by atoms with van der Waals surface area (Å²) in [7, 11) is 0. The largest absolute Gasteiger partial charge is 0.436 e. The van der Waals surface area contributed by atoms with Gasteiger partial charge in [0.25, 0.3) is 0 Å². The van der Waals surface area contributed by atoms with Crippen LogP contribution in [0.2, 0.25) is 0 Å². The first-order chi connectivity index (χ1) is 15.4. The number of carbonyl (C=O) groups excluding carboxylic acids is 1. The molecule has 1 amide bonds. The van der Waals surface area contributed by atoms with Crippen LogP contribution < -0.4 is 5.32 Å². The van der Waals surface area contributed by atoms with Crippen molar-refractivity contribution >= 4 is 33.5 Å². The van der Waals surface area contributed by atoms with E-state index in [1.54, 1.807) is 6.20 Å². The van der Waals surface area contributed by atoms with Crippen LogP contribution in [0.4, 0.5) is 5.69 Å². The number of oxazole rings is 1. The maximum absolute atomic E-state index is 12.4. The van der Waals surface area contributed by atoms with Gasteiger partial charge in [0.05, 0.1) is 5.56 Å². The molecule has 0 unspecified atom stereocenters. The number of aromatic amines is 1. The molecule has 0 fully saturated rings. The molecule has 0 aliphatic heterocycles. The van der Waals surface area contributed by atoms with Crippen molar-refractivity contribution in [3.63, 3.8) is 0 Å². The molecule has 0 radical (unpaired) electrons. The number of H-pyrrole nitrogens is 1. The molecule has 2 heterocycles. The number of fused-ring (bicyclic) bond motifs is 2. The zero-order valence-corrected chi connectivity index (χ0v) is 18.3. The number of nitrogens with one attached hydrogen (secondary N) is 2. The number of aromatic nitrogens is 3. The second-order valence-electron chi connectivity index (χ2n) is 9.20. The van der Waals surface area contributed by atoms with Crippen molar-refractivity contribution in [2.24, 2.45) is 5.41 Å². The monoisotopic (exact) mass is 424 g/mol. The number of carbonyl (C=O) groups is 1. The lowest BCUT2D eigenvalue weighted by Gasteiger charge is -2.17. The first kappa shape index (κ1) is 20.0. The molecular weight excluding hydrogens is 400 g/mol. The predicted octanol–water partition coefficient (Wildman–Crippen LogP) is 6.41. The highest BCUT2D eigenvalue weighted by Gasteiger charge is 2.19. The molecule has 5 rings (SSSR count). The van der Waals surface area contributed by atoms with Gasteiger partial charge in [-0.2, -0.15) is 5.10 Å². The minimum absolute atomic E-state index is 0.0112. The molecule has 2 aromatic heterocycles. The minimum Gasteiger partial charge on any atom is -0.436 e. The van der Waals surface area contributed by atoms with Crippen molar-refractivity contribution in [1.82, 2.24) is 15.2 Å². The molecule has 32 heavy (non-hydrogen) atoms. The number of amides is 1. The Morgan fingerprint density at radius 2 is 1.81 bits per heavy atom. The van der Waals surface area contributed by atoms with Gasteiger partial charge in [0.15, 0.2) is 5.58 Å². The van der Waals surface area contributed by atoms with Crippen LogP contribution in [0.15, 0.2) is 71.3 Å². The lowest BCUT2D eigenvalue weighted by atomic mass is 9.92. The predicted molar refractivity (Wildman–Crippen MR) is 127 cm³/mol. The summed E-state index contributed by atoms with van der Waals surface area (Å²) in [6.07, 6.45) is 2.23. The van der Waals surface area contributed by atoms with E-state index in [0.29, 0.717) is 18.0 Å². The minimum atomic E-state index is -0.0746. The van der Waals surface area contributed by atoms with Gasteiger partial charge in [-0.05, 0) is 40.5 Å². The van der Waals surface area contributed by atoms with Gasteiger partial charge in [-0.3, -0.25) is 9.89 Å². The molecule has 0 bridgehead atoms. The summed E-state index contributed by atoms with van der Waals surface area (Å²) in [6.45, 7) is 6.13. The van der Waals surface area contributed by atoms with Crippen LogP contribution >= 0.6 is 0 Å². The number of anilines is 1. The molecule has 5 aromatic rings. The Balaban J connectivity index is 1.49. The smallest absolute Gasteiger partial charge is 0.231 e. The zero-order valence-electron chi connectivity index (χ0n) is 18.3. The highest BCUT2D eigenvalue weighted by atomic mass is 16.3. The van der Waals surface area contributed by atoms with E-state index in [9.17, 15) is 4.79 Å². The molecular formula is C26H24N4O2. The van der Waals surface area contributed by atoms with Gasteiger partial charge in [0.2, 0.25) is 11.8 Å². The molecule has 0 aliphatic rings. The molecule has 2 N–H and O–H groups in total. The van der Waals surface area contributed by atoms with Crippen molar-refractivity contribution in [2.75, 3.05) is 5.32 Å². The summed E-state index contributed by atoms with van der Waals surface area (Å²) in [5.74, 6) is 0.490. The van der Waals surface area contributed by atoms with Gasteiger partial charge >= 0.3 is 0 Å². The van der Waals surface area contributed by atoms with E-state index in [0.717, 1.165) is 38.7 Å². The fraction of sp³-hybridized carbons (Fsp3) is 0.192. The van der Waals surface area contributed by atoms with Crippen LogP contribution in [0.5, 0.6) is 0 Å². The summed E-state index contributed by atoms with van der Waals surface area (Å²) >= 11 is 0. The van der Waals surface area contributed by atoms with E-state index in [1.807, 2.05) is 69.3 Å². The average Bonchev–Trinajstić information content (AvgIpc) is 3.37. The Labute approximate surface area is 185 Å². The molecule has 6 heteroatoms. The van der Waals surface area contributed by atoms with Crippen LogP contribution in [-0.2, 0) is 4.79 Å². The van der Waals surface area contributed by atoms with Crippen molar-refractivity contribution in [3.05, 3.63) is 66.9 Å². The molecule has 6 nitrogen and oxygen atoms in total. The molecule has 0 aliphatic carbocycles. The van der Waals surface area contributed by atoms with E-state index < -0.39 is 0 Å². The maximum atomic E-state index is 12.4. The fourth-order valence-corrected chi connectivity index (χ4v) is 3.83. The second-order valence-corrected chi connectivity index (χ2v) is 9.20. The first-order valence-corrected chi connectivity index (χ1v) is 10.6. The number of hydrogen-bond donors (Lipinski definition) is 2. The third-order valence-electron chi connectivity index (χ3n) is 5.24. The van der Waals surface area contributed by atoms with Crippen LogP contribution in [0, 0.1) is 5.41 Å². The summed E-state index contributed by atoms with van der Waals surface area (Å²) in [4.78, 5) is 17.1. The van der Waals surface area contributed by atoms with Crippen molar-refractivity contribution in [2.45, 2.75) is 27.2 Å². The van der Waals surface area contributed by atoms with E-state index in [4.69, 9.17) is 9.40 Å². The van der Waals surface area contributed by atoms with Gasteiger partial charge in [-0.15, -0.1) is 0 Å². The van der Waals surface area contributed by atoms with Crippen LogP contribution in [0.25, 0.3) is 44.6 Å². The first-order valence-electron chi connectivity index (χ1n) is 10.6. The zero-order chi connectivity index (χ0) is 22.3. The van der Waals surface area contributed by atoms with Crippen molar-refractivity contribution < 1.29 is 9.21 Å². The molecule has 0 atom stereocenters. The molecule has 160 valence electrons. The summed E-state index contributed by atoms with van der Waals surface area (Å²) in [5, 5.41) is 12.6. The lowest BCUT2D eigenvalue weighted by molar-refractivity contribution is -0.117. The van der Waals surface area contributed by atoms with E-state index in [2.05, 4.69) is 27.6 Å². The number of rotatable bonds is 4. The fourth-order valence-electron chi connectivity index (χ4n) is 3.83.